The van der Waals surface area contributed by atoms with Gasteiger partial charge >= 0.3 is 4.87 Å². The van der Waals surface area contributed by atoms with E-state index in [1.54, 1.807) is 12.1 Å². The van der Waals surface area contributed by atoms with Crippen LogP contribution in [0.25, 0.3) is 10.2 Å². The molecule has 2 fully saturated rings. The Hall–Kier alpha value is -3.13. The fraction of sp³-hybridized carbons (Fsp3) is 0.455. The molecule has 12 heteroatoms. The van der Waals surface area contributed by atoms with Gasteiger partial charge in [0.2, 0.25) is 0 Å². The fourth-order valence-electron chi connectivity index (χ4n) is 6.17. The van der Waals surface area contributed by atoms with Crippen molar-refractivity contribution in [3.63, 3.8) is 0 Å². The number of phenols is 1. The smallest absolute Gasteiger partial charge is 0.305 e. The van der Waals surface area contributed by atoms with Gasteiger partial charge < -0.3 is 30.2 Å². The third kappa shape index (κ3) is 7.48. The molecular formula is C33H41FN4O5S2. The van der Waals surface area contributed by atoms with Gasteiger partial charge in [0.1, 0.15) is 17.1 Å². The number of aromatic nitrogens is 1. The molecule has 0 saturated carbocycles. The molecule has 2 aliphatic heterocycles. The van der Waals surface area contributed by atoms with Crippen LogP contribution < -0.4 is 10.2 Å². The van der Waals surface area contributed by atoms with Gasteiger partial charge in [-0.3, -0.25) is 14.5 Å². The number of aromatic hydroxyl groups is 1. The number of nitrogens with one attached hydrogen (secondary N) is 2. The Kier molecular flexibility index (Phi) is 10.4. The van der Waals surface area contributed by atoms with Gasteiger partial charge in [-0.25, -0.2) is 4.39 Å². The zero-order valence-corrected chi connectivity index (χ0v) is 26.2. The van der Waals surface area contributed by atoms with E-state index in [1.165, 1.54) is 23.5 Å². The Morgan fingerprint density at radius 1 is 1.16 bits per heavy atom. The molecular weight excluding hydrogens is 616 g/mol. The van der Waals surface area contributed by atoms with Crippen molar-refractivity contribution in [2.45, 2.75) is 51.9 Å². The molecule has 0 aliphatic carbocycles. The van der Waals surface area contributed by atoms with Gasteiger partial charge in [0.15, 0.2) is 0 Å². The van der Waals surface area contributed by atoms with Gasteiger partial charge in [-0.15, -0.1) is 11.3 Å². The number of hydrogen-bond acceptors (Lipinski definition) is 9. The van der Waals surface area contributed by atoms with Crippen LogP contribution in [0.3, 0.4) is 0 Å². The summed E-state index contributed by atoms with van der Waals surface area (Å²) in [4.78, 5) is 33.2. The highest BCUT2D eigenvalue weighted by atomic mass is 32.1. The number of carbonyl (C=O) groups excluding carboxylic acids is 1. The second kappa shape index (κ2) is 14.1. The Balaban J connectivity index is 0.00000400. The van der Waals surface area contributed by atoms with Gasteiger partial charge in [0.05, 0.1) is 34.4 Å². The second-order valence-corrected chi connectivity index (χ2v) is 14.0. The van der Waals surface area contributed by atoms with Crippen molar-refractivity contribution >= 4 is 38.8 Å². The number of ether oxygens (including phenoxy) is 1. The van der Waals surface area contributed by atoms with Crippen LogP contribution in [0, 0.1) is 12.7 Å². The number of likely N-dealkylation sites (tertiary alicyclic amines) is 1. The summed E-state index contributed by atoms with van der Waals surface area (Å²) >= 11 is 2.49. The van der Waals surface area contributed by atoms with E-state index in [0.29, 0.717) is 60.6 Å². The number of hydrogen-bond donors (Lipinski definition) is 4. The van der Waals surface area contributed by atoms with Crippen molar-refractivity contribution in [3.8, 4) is 5.75 Å². The lowest BCUT2D eigenvalue weighted by Gasteiger charge is -2.47. The van der Waals surface area contributed by atoms with Gasteiger partial charge in [-0.2, -0.15) is 0 Å². The Bertz CT molecular complexity index is 1690. The van der Waals surface area contributed by atoms with Crippen LogP contribution in [0.2, 0.25) is 0 Å². The van der Waals surface area contributed by atoms with Crippen LogP contribution in [0.5, 0.6) is 5.75 Å². The first-order valence-electron chi connectivity index (χ1n) is 14.9. The summed E-state index contributed by atoms with van der Waals surface area (Å²) in [5, 5.41) is 24.0. The molecule has 0 bridgehead atoms. The van der Waals surface area contributed by atoms with E-state index < -0.39 is 6.10 Å². The molecule has 1 amide bonds. The van der Waals surface area contributed by atoms with Gasteiger partial charge in [-0.05, 0) is 62.6 Å². The second-order valence-electron chi connectivity index (χ2n) is 11.7. The van der Waals surface area contributed by atoms with Crippen molar-refractivity contribution in [2.24, 2.45) is 0 Å². The van der Waals surface area contributed by atoms with Crippen molar-refractivity contribution in [1.82, 2.24) is 20.1 Å². The fourth-order valence-corrected chi connectivity index (χ4v) is 7.93. The van der Waals surface area contributed by atoms with Gasteiger partial charge in [0.25, 0.3) is 5.91 Å². The van der Waals surface area contributed by atoms with E-state index in [9.17, 15) is 24.2 Å². The summed E-state index contributed by atoms with van der Waals surface area (Å²) in [6.07, 6.45) is 1.39. The minimum atomic E-state index is -0.853. The Morgan fingerprint density at radius 2 is 1.96 bits per heavy atom. The zero-order chi connectivity index (χ0) is 30.8. The first kappa shape index (κ1) is 33.2. The minimum Gasteiger partial charge on any atom is -0.506 e. The lowest BCUT2D eigenvalue weighted by molar-refractivity contribution is -0.127. The molecule has 4 aromatic rings. The molecule has 9 nitrogen and oxygen atoms in total. The van der Waals surface area contributed by atoms with E-state index in [4.69, 9.17) is 4.74 Å². The number of thiophene rings is 1. The van der Waals surface area contributed by atoms with E-state index in [-0.39, 0.29) is 41.9 Å². The maximum Gasteiger partial charge on any atom is 0.305 e. The number of piperidine rings is 1. The van der Waals surface area contributed by atoms with Crippen LogP contribution in [-0.4, -0.2) is 82.4 Å². The number of H-pyrrole nitrogens is 1. The highest BCUT2D eigenvalue weighted by molar-refractivity contribution is 7.16. The number of phenolic OH excluding ortho intramolecular Hbond substituents is 1. The summed E-state index contributed by atoms with van der Waals surface area (Å²) < 4.78 is 21.6. The maximum atomic E-state index is 14.8. The molecule has 45 heavy (non-hydrogen) atoms. The number of aliphatic hydroxyl groups excluding tert-OH is 1. The third-order valence-corrected chi connectivity index (χ3v) is 10.6. The Morgan fingerprint density at radius 3 is 2.71 bits per heavy atom. The lowest BCUT2D eigenvalue weighted by Crippen LogP contribution is -2.57. The van der Waals surface area contributed by atoms with Crippen LogP contribution in [0.4, 0.5) is 4.39 Å². The van der Waals surface area contributed by atoms with Crippen LogP contribution >= 0.6 is 22.7 Å². The summed E-state index contributed by atoms with van der Waals surface area (Å²) in [5.41, 5.74) is 2.23. The van der Waals surface area contributed by atoms with Crippen molar-refractivity contribution in [1.29, 1.82) is 0 Å². The molecule has 2 aromatic carbocycles. The van der Waals surface area contributed by atoms with Crippen molar-refractivity contribution in [2.75, 3.05) is 45.9 Å². The number of benzene rings is 2. The molecule has 0 unspecified atom stereocenters. The summed E-state index contributed by atoms with van der Waals surface area (Å²) in [6, 6.07) is 12.2. The number of carbonyl (C=O) groups is 1. The topological polar surface area (TPSA) is 118 Å². The molecule has 0 radical (unpaired) electrons. The average molecular weight is 657 g/mol. The number of aliphatic hydroxyl groups is 1. The van der Waals surface area contributed by atoms with Gasteiger partial charge in [-0.1, -0.05) is 37.0 Å². The number of thiazole rings is 1. The van der Waals surface area contributed by atoms with Crippen LogP contribution in [-0.2, 0) is 17.7 Å². The van der Waals surface area contributed by atoms with E-state index in [0.717, 1.165) is 52.6 Å². The number of amides is 1. The predicted molar refractivity (Wildman–Crippen MR) is 177 cm³/mol. The SMILES string of the molecule is C.Cc1ccc(C(=O)N2CCOC3(CCN(Cc4cc(CCNC[C@H](O)c5ccc(O)c6[nH]c(=O)sc56)ccc4F)CC3)C2)s1. The minimum absolute atomic E-state index is 0. The van der Waals surface area contributed by atoms with Crippen molar-refractivity contribution in [3.05, 3.63) is 84.4 Å². The first-order chi connectivity index (χ1) is 21.2. The van der Waals surface area contributed by atoms with E-state index in [1.807, 2.05) is 30.0 Å². The zero-order valence-electron chi connectivity index (χ0n) is 24.6. The number of nitrogens with zero attached hydrogens (tertiary/aromatic N) is 2. The lowest BCUT2D eigenvalue weighted by atomic mass is 9.89. The molecule has 2 aromatic heterocycles. The summed E-state index contributed by atoms with van der Waals surface area (Å²) in [5.74, 6) is -0.173. The van der Waals surface area contributed by atoms with E-state index in [2.05, 4.69) is 15.2 Å². The average Bonchev–Trinajstić information content (AvgIpc) is 3.63. The van der Waals surface area contributed by atoms with Gasteiger partial charge in [0, 0.05) is 48.7 Å². The number of fused-ring (bicyclic) bond motifs is 1. The molecule has 242 valence electrons. The molecule has 4 heterocycles. The molecule has 4 N–H and O–H groups in total. The summed E-state index contributed by atoms with van der Waals surface area (Å²) in [6.45, 7) is 6.62. The molecule has 2 saturated heterocycles. The number of rotatable bonds is 9. The number of aromatic amines is 1. The highest BCUT2D eigenvalue weighted by Crippen LogP contribution is 2.33. The number of morpholine rings is 1. The molecule has 1 atom stereocenters. The quantitative estimate of drug-likeness (QED) is 0.191. The van der Waals surface area contributed by atoms with Crippen molar-refractivity contribution < 1.29 is 24.1 Å². The van der Waals surface area contributed by atoms with Crippen LogP contribution in [0.15, 0.2) is 47.3 Å². The standard InChI is InChI=1S/C32H37FN4O5S2.CH4/c1-20-2-7-27(43-20)30(40)37-14-15-42-32(19-37)9-12-36(13-10-32)18-22-16-21(3-5-24(22)33)8-11-34-17-26(39)23-4-6-25(38)28-29(23)44-31(41)35-28;/h2-7,16,26,34,38-39H,8-15,17-19H2,1H3,(H,35,41);1H4/t26-;/m0./s1. The summed E-state index contributed by atoms with van der Waals surface area (Å²) in [7, 11) is 0. The highest BCUT2D eigenvalue weighted by Gasteiger charge is 2.41. The van der Waals surface area contributed by atoms with E-state index >= 15 is 0 Å². The molecule has 1 spiro atoms. The predicted octanol–water partition coefficient (Wildman–Crippen LogP) is 4.81. The number of halogens is 1. The normalized spacial score (nSPS) is 17.4. The number of aryl methyl sites for hydroxylation is 1. The third-order valence-electron chi connectivity index (χ3n) is 8.63. The molecule has 2 aliphatic rings. The Labute approximate surface area is 270 Å². The largest absolute Gasteiger partial charge is 0.506 e. The molecule has 6 rings (SSSR count). The maximum absolute atomic E-state index is 14.8. The monoisotopic (exact) mass is 656 g/mol. The first-order valence-corrected chi connectivity index (χ1v) is 16.6. The van der Waals surface area contributed by atoms with Crippen LogP contribution in [0.1, 0.15) is 57.6 Å².